The smallest absolute Gasteiger partial charge is 0.166 e. The van der Waals surface area contributed by atoms with Crippen LogP contribution in [0.2, 0.25) is 5.02 Å². The van der Waals surface area contributed by atoms with Crippen molar-refractivity contribution in [2.24, 2.45) is 0 Å². The van der Waals surface area contributed by atoms with Crippen LogP contribution in [0.15, 0.2) is 24.3 Å². The summed E-state index contributed by atoms with van der Waals surface area (Å²) in [4.78, 5) is 19.7. The predicted molar refractivity (Wildman–Crippen MR) is 124 cm³/mol. The van der Waals surface area contributed by atoms with E-state index in [1.807, 2.05) is 31.2 Å². The van der Waals surface area contributed by atoms with Crippen molar-refractivity contribution in [2.75, 3.05) is 50.8 Å². The third-order valence-electron chi connectivity index (χ3n) is 6.42. The molecular formula is C23H29ClN6O. The highest BCUT2D eigenvalue weighted by Crippen LogP contribution is 2.37. The fourth-order valence-electron chi connectivity index (χ4n) is 4.68. The van der Waals surface area contributed by atoms with E-state index in [1.165, 1.54) is 0 Å². The maximum absolute atomic E-state index is 6.62. The van der Waals surface area contributed by atoms with Crippen LogP contribution in [0.25, 0.3) is 22.6 Å². The third kappa shape index (κ3) is 3.90. The van der Waals surface area contributed by atoms with Crippen LogP contribution in [0, 0.1) is 6.92 Å². The molecule has 2 aromatic heterocycles. The van der Waals surface area contributed by atoms with Crippen molar-refractivity contribution >= 4 is 28.6 Å². The number of piperazine rings is 1. The lowest BCUT2D eigenvalue weighted by Gasteiger charge is -2.34. The maximum atomic E-state index is 6.62. The van der Waals surface area contributed by atoms with Crippen molar-refractivity contribution in [3.05, 3.63) is 35.1 Å². The van der Waals surface area contributed by atoms with Gasteiger partial charge in [-0.25, -0.2) is 15.0 Å². The number of aromatic nitrogens is 4. The molecule has 2 aliphatic heterocycles. The Morgan fingerprint density at radius 3 is 2.48 bits per heavy atom. The van der Waals surface area contributed by atoms with Gasteiger partial charge in [0.2, 0.25) is 0 Å². The molecule has 3 aromatic rings. The molecule has 0 saturated carbocycles. The second-order valence-electron chi connectivity index (χ2n) is 8.32. The highest BCUT2D eigenvalue weighted by Gasteiger charge is 2.28. The zero-order valence-electron chi connectivity index (χ0n) is 18.2. The number of anilines is 1. The number of imidazole rings is 1. The van der Waals surface area contributed by atoms with Crippen molar-refractivity contribution in [1.29, 1.82) is 0 Å². The molecule has 0 radical (unpaired) electrons. The van der Waals surface area contributed by atoms with Crippen molar-refractivity contribution < 1.29 is 4.74 Å². The van der Waals surface area contributed by atoms with Crippen molar-refractivity contribution in [2.45, 2.75) is 32.7 Å². The summed E-state index contributed by atoms with van der Waals surface area (Å²) in [7, 11) is 0. The van der Waals surface area contributed by atoms with Gasteiger partial charge in [-0.05, 0) is 38.4 Å². The van der Waals surface area contributed by atoms with E-state index in [9.17, 15) is 0 Å². The first kappa shape index (κ1) is 20.7. The molecule has 0 amide bonds. The molecule has 0 bridgehead atoms. The van der Waals surface area contributed by atoms with Crippen LogP contribution in [-0.4, -0.2) is 70.4 Å². The Hall–Kier alpha value is -2.22. The minimum absolute atomic E-state index is 0.282. The first-order chi connectivity index (χ1) is 15.2. The number of likely N-dealkylation sites (N-methyl/N-ethyl adjacent to an activating group) is 1. The molecule has 31 heavy (non-hydrogen) atoms. The molecule has 8 heteroatoms. The van der Waals surface area contributed by atoms with E-state index in [4.69, 9.17) is 31.3 Å². The first-order valence-corrected chi connectivity index (χ1v) is 11.6. The van der Waals surface area contributed by atoms with E-state index in [0.717, 1.165) is 93.0 Å². The normalized spacial score (nSPS) is 18.7. The summed E-state index contributed by atoms with van der Waals surface area (Å²) >= 11 is 6.62. The highest BCUT2D eigenvalue weighted by molar-refractivity contribution is 6.33. The average Bonchev–Trinajstić information content (AvgIpc) is 3.18. The standard InChI is InChI=1S/C23H29ClN6O/c1-3-28-10-12-29(13-11-28)22-20-23(26-16(2)25-22)30(17-8-14-31-15-9-17)21(27-20)18-6-4-5-7-19(18)24/h4-7,17H,3,8-15H2,1-2H3. The Bertz CT molecular complexity index is 1070. The van der Waals surface area contributed by atoms with Gasteiger partial charge < -0.3 is 19.1 Å². The molecule has 2 aliphatic rings. The maximum Gasteiger partial charge on any atom is 0.166 e. The van der Waals surface area contributed by atoms with Gasteiger partial charge in [0.05, 0.1) is 5.02 Å². The summed E-state index contributed by atoms with van der Waals surface area (Å²) in [6.45, 7) is 10.8. The Kier molecular flexibility index (Phi) is 5.82. The van der Waals surface area contributed by atoms with Crippen molar-refractivity contribution in [1.82, 2.24) is 24.4 Å². The predicted octanol–water partition coefficient (Wildman–Crippen LogP) is 3.95. The second-order valence-corrected chi connectivity index (χ2v) is 8.72. The minimum Gasteiger partial charge on any atom is -0.381 e. The quantitative estimate of drug-likeness (QED) is 0.612. The molecule has 7 nitrogen and oxygen atoms in total. The van der Waals surface area contributed by atoms with Gasteiger partial charge in [-0.2, -0.15) is 0 Å². The van der Waals surface area contributed by atoms with Crippen LogP contribution >= 0.6 is 11.6 Å². The second kappa shape index (κ2) is 8.73. The van der Waals surface area contributed by atoms with Gasteiger partial charge in [0.25, 0.3) is 0 Å². The fourth-order valence-corrected chi connectivity index (χ4v) is 4.90. The Labute approximate surface area is 188 Å². The number of halogens is 1. The number of nitrogens with zero attached hydrogens (tertiary/aromatic N) is 6. The lowest BCUT2D eigenvalue weighted by atomic mass is 10.1. The molecule has 0 N–H and O–H groups in total. The number of benzene rings is 1. The summed E-state index contributed by atoms with van der Waals surface area (Å²) < 4.78 is 7.93. The van der Waals surface area contributed by atoms with Gasteiger partial charge >= 0.3 is 0 Å². The van der Waals surface area contributed by atoms with Crippen LogP contribution in [-0.2, 0) is 4.74 Å². The van der Waals surface area contributed by atoms with Gasteiger partial charge in [0.15, 0.2) is 17.0 Å². The average molecular weight is 441 g/mol. The van der Waals surface area contributed by atoms with E-state index in [0.29, 0.717) is 5.02 Å². The zero-order chi connectivity index (χ0) is 21.4. The number of hydrogen-bond acceptors (Lipinski definition) is 6. The summed E-state index contributed by atoms with van der Waals surface area (Å²) in [5, 5.41) is 0.703. The van der Waals surface area contributed by atoms with Crippen LogP contribution in [0.4, 0.5) is 5.82 Å². The molecule has 2 fully saturated rings. The van der Waals surface area contributed by atoms with Crippen molar-refractivity contribution in [3.63, 3.8) is 0 Å². The number of hydrogen-bond donors (Lipinski definition) is 0. The number of rotatable bonds is 4. The lowest BCUT2D eigenvalue weighted by Crippen LogP contribution is -2.46. The van der Waals surface area contributed by atoms with Gasteiger partial charge in [-0.15, -0.1) is 0 Å². The molecule has 4 heterocycles. The van der Waals surface area contributed by atoms with E-state index in [-0.39, 0.29) is 6.04 Å². The first-order valence-electron chi connectivity index (χ1n) is 11.2. The van der Waals surface area contributed by atoms with E-state index in [2.05, 4.69) is 21.3 Å². The van der Waals surface area contributed by atoms with E-state index >= 15 is 0 Å². The summed E-state index contributed by atoms with van der Waals surface area (Å²) in [6, 6.07) is 8.21. The molecule has 0 atom stereocenters. The van der Waals surface area contributed by atoms with E-state index in [1.54, 1.807) is 0 Å². The third-order valence-corrected chi connectivity index (χ3v) is 6.75. The largest absolute Gasteiger partial charge is 0.381 e. The molecule has 5 rings (SSSR count). The molecular weight excluding hydrogens is 412 g/mol. The fraction of sp³-hybridized carbons (Fsp3) is 0.522. The molecule has 0 spiro atoms. The van der Waals surface area contributed by atoms with Crippen LogP contribution in [0.1, 0.15) is 31.6 Å². The number of fused-ring (bicyclic) bond motifs is 1. The van der Waals surface area contributed by atoms with Gasteiger partial charge in [0.1, 0.15) is 11.6 Å². The SMILES string of the molecule is CCN1CCN(c2nc(C)nc3c2nc(-c2ccccc2Cl)n3C2CCOCC2)CC1. The number of ether oxygens (including phenoxy) is 1. The lowest BCUT2D eigenvalue weighted by molar-refractivity contribution is 0.0708. The van der Waals surface area contributed by atoms with E-state index < -0.39 is 0 Å². The van der Waals surface area contributed by atoms with Crippen LogP contribution in [0.5, 0.6) is 0 Å². The topological polar surface area (TPSA) is 59.3 Å². The molecule has 0 unspecified atom stereocenters. The number of aryl methyl sites for hydroxylation is 1. The summed E-state index contributed by atoms with van der Waals surface area (Å²) in [5.41, 5.74) is 2.72. The minimum atomic E-state index is 0.282. The van der Waals surface area contributed by atoms with Crippen LogP contribution < -0.4 is 4.90 Å². The monoisotopic (exact) mass is 440 g/mol. The Morgan fingerprint density at radius 1 is 1.03 bits per heavy atom. The van der Waals surface area contributed by atoms with Gasteiger partial charge in [-0.1, -0.05) is 30.7 Å². The van der Waals surface area contributed by atoms with Crippen molar-refractivity contribution in [3.8, 4) is 11.4 Å². The summed E-state index contributed by atoms with van der Waals surface area (Å²) in [6.07, 6.45) is 1.88. The molecule has 0 aliphatic carbocycles. The molecule has 2 saturated heterocycles. The Morgan fingerprint density at radius 2 is 1.77 bits per heavy atom. The van der Waals surface area contributed by atoms with Gasteiger partial charge in [-0.3, -0.25) is 0 Å². The zero-order valence-corrected chi connectivity index (χ0v) is 19.0. The highest BCUT2D eigenvalue weighted by atomic mass is 35.5. The molecule has 1 aromatic carbocycles. The van der Waals surface area contributed by atoms with Crippen LogP contribution in [0.3, 0.4) is 0 Å². The summed E-state index contributed by atoms with van der Waals surface area (Å²) in [5.74, 6) is 2.59. The van der Waals surface area contributed by atoms with Gasteiger partial charge in [0, 0.05) is 51.0 Å². The molecule has 164 valence electrons. The Balaban J connectivity index is 1.68.